The lowest BCUT2D eigenvalue weighted by Crippen LogP contribution is -2.27. The van der Waals surface area contributed by atoms with Crippen LogP contribution in [0.15, 0.2) is 18.3 Å². The second-order valence-electron chi connectivity index (χ2n) is 5.38. The quantitative estimate of drug-likeness (QED) is 0.799. The number of hydrogen-bond acceptors (Lipinski definition) is 3. The predicted octanol–water partition coefficient (Wildman–Crippen LogP) is 3.27. The van der Waals surface area contributed by atoms with Gasteiger partial charge in [-0.25, -0.2) is 4.98 Å². The van der Waals surface area contributed by atoms with Crippen LogP contribution < -0.4 is 4.74 Å². The molecule has 1 aromatic rings. The topological polar surface area (TPSA) is 25.4 Å². The fraction of sp³-hybridized carbons (Fsp3) is 0.667. The lowest BCUT2D eigenvalue weighted by Gasteiger charge is -2.27. The van der Waals surface area contributed by atoms with Crippen molar-refractivity contribution in [3.63, 3.8) is 0 Å². The van der Waals surface area contributed by atoms with Crippen molar-refractivity contribution in [2.24, 2.45) is 5.92 Å². The third-order valence-corrected chi connectivity index (χ3v) is 3.40. The Kier molecular flexibility index (Phi) is 4.59. The molecule has 1 aliphatic heterocycles. The average molecular weight is 248 g/mol. The zero-order chi connectivity index (χ0) is 13.0. The fourth-order valence-electron chi connectivity index (χ4n) is 2.78. The Hall–Kier alpha value is -1.09. The molecule has 100 valence electrons. The monoisotopic (exact) mass is 248 g/mol. The minimum Gasteiger partial charge on any atom is -0.478 e. The summed E-state index contributed by atoms with van der Waals surface area (Å²) in [5.41, 5.74) is 1.26. The van der Waals surface area contributed by atoms with Crippen LogP contribution in [0.2, 0.25) is 0 Å². The van der Waals surface area contributed by atoms with Gasteiger partial charge in [0.2, 0.25) is 5.88 Å². The molecule has 0 radical (unpaired) electrons. The van der Waals surface area contributed by atoms with Gasteiger partial charge in [0.1, 0.15) is 0 Å². The molecule has 2 heterocycles. The van der Waals surface area contributed by atoms with Crippen LogP contribution >= 0.6 is 0 Å². The third-order valence-electron chi connectivity index (χ3n) is 3.40. The molecule has 3 nitrogen and oxygen atoms in total. The summed E-state index contributed by atoms with van der Waals surface area (Å²) in [4.78, 5) is 6.95. The molecule has 0 spiro atoms. The first-order valence-corrected chi connectivity index (χ1v) is 7.04. The number of nitrogens with zero attached hydrogens (tertiary/aromatic N) is 2. The summed E-state index contributed by atoms with van der Waals surface area (Å²) in [6.45, 7) is 9.61. The van der Waals surface area contributed by atoms with Gasteiger partial charge in [-0.1, -0.05) is 19.9 Å². The summed E-state index contributed by atoms with van der Waals surface area (Å²) in [6.07, 6.45) is 4.31. The first-order chi connectivity index (χ1) is 8.72. The van der Waals surface area contributed by atoms with E-state index in [1.54, 1.807) is 0 Å². The van der Waals surface area contributed by atoms with Gasteiger partial charge in [-0.15, -0.1) is 0 Å². The summed E-state index contributed by atoms with van der Waals surface area (Å²) in [7, 11) is 0. The molecule has 0 aliphatic carbocycles. The van der Waals surface area contributed by atoms with Crippen LogP contribution in [0.3, 0.4) is 0 Å². The van der Waals surface area contributed by atoms with Crippen LogP contribution in [-0.2, 0) is 0 Å². The van der Waals surface area contributed by atoms with Crippen LogP contribution in [0, 0.1) is 5.92 Å². The number of rotatable bonds is 5. The van der Waals surface area contributed by atoms with E-state index in [4.69, 9.17) is 4.74 Å². The molecule has 1 fully saturated rings. The van der Waals surface area contributed by atoms with Gasteiger partial charge in [-0.2, -0.15) is 0 Å². The van der Waals surface area contributed by atoms with Crippen LogP contribution in [0.5, 0.6) is 5.88 Å². The molecule has 0 aromatic carbocycles. The van der Waals surface area contributed by atoms with Crippen LogP contribution in [0.25, 0.3) is 0 Å². The third kappa shape index (κ3) is 3.02. The molecule has 1 aliphatic rings. The minimum atomic E-state index is 0.489. The Morgan fingerprint density at radius 2 is 2.33 bits per heavy atom. The van der Waals surface area contributed by atoms with Gasteiger partial charge in [0.25, 0.3) is 0 Å². The van der Waals surface area contributed by atoms with Crippen molar-refractivity contribution in [1.29, 1.82) is 0 Å². The number of pyridine rings is 1. The number of likely N-dealkylation sites (tertiary alicyclic amines) is 1. The van der Waals surface area contributed by atoms with Crippen LogP contribution in [0.1, 0.15) is 45.2 Å². The van der Waals surface area contributed by atoms with Crippen molar-refractivity contribution >= 4 is 0 Å². The Morgan fingerprint density at radius 1 is 1.50 bits per heavy atom. The van der Waals surface area contributed by atoms with E-state index >= 15 is 0 Å². The number of aromatic nitrogens is 1. The van der Waals surface area contributed by atoms with Crippen LogP contribution in [0.4, 0.5) is 0 Å². The van der Waals surface area contributed by atoms with Crippen molar-refractivity contribution < 1.29 is 4.74 Å². The lowest BCUT2D eigenvalue weighted by atomic mass is 10.1. The van der Waals surface area contributed by atoms with E-state index in [2.05, 4.69) is 29.8 Å². The molecule has 18 heavy (non-hydrogen) atoms. The Morgan fingerprint density at radius 3 is 3.06 bits per heavy atom. The smallest absolute Gasteiger partial charge is 0.218 e. The van der Waals surface area contributed by atoms with E-state index in [1.165, 1.54) is 24.9 Å². The molecule has 0 N–H and O–H groups in total. The maximum atomic E-state index is 5.66. The summed E-state index contributed by atoms with van der Waals surface area (Å²) in [5, 5.41) is 0. The lowest BCUT2D eigenvalue weighted by molar-refractivity contribution is 0.220. The van der Waals surface area contributed by atoms with E-state index in [0.29, 0.717) is 18.6 Å². The van der Waals surface area contributed by atoms with E-state index < -0.39 is 0 Å². The summed E-state index contributed by atoms with van der Waals surface area (Å²) in [6, 6.07) is 4.67. The standard InChI is InChI=1S/C15H24N2O/c1-4-18-15-13(7-5-9-16-15)14-8-6-10-17(14)11-12(2)3/h5,7,9,12,14H,4,6,8,10-11H2,1-3H3/t14-/m0/s1. The highest BCUT2D eigenvalue weighted by atomic mass is 16.5. The molecule has 2 rings (SSSR count). The molecular formula is C15H24N2O. The van der Waals surface area contributed by atoms with Gasteiger partial charge >= 0.3 is 0 Å². The Bertz CT molecular complexity index is 379. The van der Waals surface area contributed by atoms with Gasteiger partial charge < -0.3 is 4.74 Å². The van der Waals surface area contributed by atoms with E-state index in [9.17, 15) is 0 Å². The normalized spacial score (nSPS) is 20.6. The first kappa shape index (κ1) is 13.3. The Balaban J connectivity index is 2.18. The van der Waals surface area contributed by atoms with Gasteiger partial charge in [0.15, 0.2) is 0 Å². The van der Waals surface area contributed by atoms with E-state index in [1.807, 2.05) is 19.2 Å². The molecule has 0 saturated carbocycles. The average Bonchev–Trinajstić information content (AvgIpc) is 2.77. The van der Waals surface area contributed by atoms with Gasteiger partial charge in [0, 0.05) is 24.3 Å². The maximum Gasteiger partial charge on any atom is 0.218 e. The van der Waals surface area contributed by atoms with Gasteiger partial charge in [-0.05, 0) is 38.3 Å². The van der Waals surface area contributed by atoms with Crippen molar-refractivity contribution in [2.75, 3.05) is 19.7 Å². The molecular weight excluding hydrogens is 224 g/mol. The summed E-state index contributed by atoms with van der Waals surface area (Å²) < 4.78 is 5.66. The second kappa shape index (κ2) is 6.19. The molecule has 0 unspecified atom stereocenters. The molecule has 1 atom stereocenters. The van der Waals surface area contributed by atoms with Crippen LogP contribution in [-0.4, -0.2) is 29.6 Å². The Labute approximate surface area is 110 Å². The van der Waals surface area contributed by atoms with Crippen molar-refractivity contribution in [3.05, 3.63) is 23.9 Å². The van der Waals surface area contributed by atoms with Crippen molar-refractivity contribution in [2.45, 2.75) is 39.7 Å². The number of hydrogen-bond donors (Lipinski definition) is 0. The second-order valence-corrected chi connectivity index (χ2v) is 5.38. The first-order valence-electron chi connectivity index (χ1n) is 7.04. The molecule has 0 amide bonds. The maximum absolute atomic E-state index is 5.66. The summed E-state index contributed by atoms with van der Waals surface area (Å²) in [5.74, 6) is 1.53. The predicted molar refractivity (Wildman–Crippen MR) is 73.8 cm³/mol. The van der Waals surface area contributed by atoms with Crippen molar-refractivity contribution in [1.82, 2.24) is 9.88 Å². The zero-order valence-corrected chi connectivity index (χ0v) is 11.7. The van der Waals surface area contributed by atoms with Crippen molar-refractivity contribution in [3.8, 4) is 5.88 Å². The zero-order valence-electron chi connectivity index (χ0n) is 11.7. The minimum absolute atomic E-state index is 0.489. The fourth-order valence-corrected chi connectivity index (χ4v) is 2.78. The van der Waals surface area contributed by atoms with E-state index in [0.717, 1.165) is 12.4 Å². The molecule has 3 heteroatoms. The molecule has 0 bridgehead atoms. The van der Waals surface area contributed by atoms with E-state index in [-0.39, 0.29) is 0 Å². The highest BCUT2D eigenvalue weighted by Gasteiger charge is 2.28. The SMILES string of the molecule is CCOc1ncccc1[C@@H]1CCCN1CC(C)C. The van der Waals surface area contributed by atoms with Gasteiger partial charge in [-0.3, -0.25) is 4.90 Å². The van der Waals surface area contributed by atoms with Gasteiger partial charge in [0.05, 0.1) is 6.61 Å². The number of ether oxygens (including phenoxy) is 1. The highest BCUT2D eigenvalue weighted by Crippen LogP contribution is 2.36. The molecule has 1 saturated heterocycles. The summed E-state index contributed by atoms with van der Waals surface area (Å²) >= 11 is 0. The highest BCUT2D eigenvalue weighted by molar-refractivity contribution is 5.29. The molecule has 1 aromatic heterocycles. The largest absolute Gasteiger partial charge is 0.478 e.